The van der Waals surface area contributed by atoms with Gasteiger partial charge in [-0.05, 0) is 52.0 Å². The molecule has 6 heteroatoms. The van der Waals surface area contributed by atoms with Crippen LogP contribution >= 0.6 is 15.9 Å². The average molecular weight is 363 g/mol. The fourth-order valence-corrected chi connectivity index (χ4v) is 2.10. The number of benzene rings is 1. The Hall–Kier alpha value is -1.95. The van der Waals surface area contributed by atoms with Gasteiger partial charge in [0, 0.05) is 21.8 Å². The molecule has 0 atom stereocenters. The summed E-state index contributed by atoms with van der Waals surface area (Å²) in [4.78, 5) is 20.7. The van der Waals surface area contributed by atoms with E-state index in [2.05, 4.69) is 36.5 Å². The third-order valence-electron chi connectivity index (χ3n) is 2.68. The first kappa shape index (κ1) is 16.4. The van der Waals surface area contributed by atoms with E-state index in [9.17, 15) is 4.79 Å². The van der Waals surface area contributed by atoms with Crippen LogP contribution in [-0.2, 0) is 0 Å². The van der Waals surface area contributed by atoms with Crippen LogP contribution in [-0.4, -0.2) is 21.4 Å². The van der Waals surface area contributed by atoms with Gasteiger partial charge >= 0.3 is 0 Å². The number of nitrogens with zero attached hydrogens (tertiary/aromatic N) is 2. The Morgan fingerprint density at radius 3 is 2.36 bits per heavy atom. The molecule has 1 amide bonds. The normalized spacial score (nSPS) is 11.1. The van der Waals surface area contributed by atoms with E-state index in [1.165, 1.54) is 0 Å². The number of aromatic nitrogens is 2. The zero-order valence-corrected chi connectivity index (χ0v) is 14.7. The molecule has 22 heavy (non-hydrogen) atoms. The van der Waals surface area contributed by atoms with E-state index in [1.807, 2.05) is 45.0 Å². The first-order valence-corrected chi connectivity index (χ1v) is 7.73. The van der Waals surface area contributed by atoms with Gasteiger partial charge in [-0.2, -0.15) is 0 Å². The van der Waals surface area contributed by atoms with Crippen molar-refractivity contribution in [3.8, 4) is 0 Å². The van der Waals surface area contributed by atoms with E-state index in [4.69, 9.17) is 0 Å². The predicted molar refractivity (Wildman–Crippen MR) is 91.4 cm³/mol. The van der Waals surface area contributed by atoms with E-state index in [1.54, 1.807) is 13.0 Å². The quantitative estimate of drug-likeness (QED) is 0.870. The molecule has 0 unspecified atom stereocenters. The second-order valence-electron chi connectivity index (χ2n) is 6.02. The van der Waals surface area contributed by atoms with Gasteiger partial charge in [0.15, 0.2) is 0 Å². The molecule has 0 aliphatic heterocycles. The second-order valence-corrected chi connectivity index (χ2v) is 6.94. The van der Waals surface area contributed by atoms with Gasteiger partial charge in [0.25, 0.3) is 5.91 Å². The molecule has 0 aliphatic rings. The maximum Gasteiger partial charge on any atom is 0.270 e. The topological polar surface area (TPSA) is 66.9 Å². The smallest absolute Gasteiger partial charge is 0.270 e. The second kappa shape index (κ2) is 6.44. The van der Waals surface area contributed by atoms with Crippen LogP contribution in [0.15, 0.2) is 34.8 Å². The number of hydrogen-bond donors (Lipinski definition) is 2. The minimum atomic E-state index is -0.310. The molecule has 0 fully saturated rings. The van der Waals surface area contributed by atoms with Gasteiger partial charge in [-0.25, -0.2) is 9.97 Å². The molecule has 2 N–H and O–H groups in total. The average Bonchev–Trinajstić information content (AvgIpc) is 2.39. The number of aryl methyl sites for hydroxylation is 1. The van der Waals surface area contributed by atoms with E-state index in [-0.39, 0.29) is 11.4 Å². The van der Waals surface area contributed by atoms with Crippen molar-refractivity contribution in [2.45, 2.75) is 33.2 Å². The highest BCUT2D eigenvalue weighted by Gasteiger charge is 2.17. The molecule has 1 heterocycles. The van der Waals surface area contributed by atoms with Crippen LogP contribution in [0.25, 0.3) is 0 Å². The molecule has 0 aliphatic carbocycles. The van der Waals surface area contributed by atoms with Crippen molar-refractivity contribution in [2.24, 2.45) is 0 Å². The van der Waals surface area contributed by atoms with Crippen LogP contribution < -0.4 is 10.6 Å². The number of halogens is 1. The van der Waals surface area contributed by atoms with Crippen LogP contribution in [0, 0.1) is 6.92 Å². The summed E-state index contributed by atoms with van der Waals surface area (Å²) < 4.78 is 1.00. The largest absolute Gasteiger partial charge is 0.346 e. The molecule has 2 aromatic rings. The SMILES string of the molecule is Cc1nc(Nc2ccc(Br)cc2)cc(C(=O)NC(C)(C)C)n1. The van der Waals surface area contributed by atoms with Gasteiger partial charge in [0.2, 0.25) is 0 Å². The van der Waals surface area contributed by atoms with Crippen molar-refractivity contribution >= 4 is 33.3 Å². The van der Waals surface area contributed by atoms with E-state index in [0.29, 0.717) is 17.3 Å². The number of hydrogen-bond acceptors (Lipinski definition) is 4. The molecule has 116 valence electrons. The van der Waals surface area contributed by atoms with Crippen molar-refractivity contribution in [3.63, 3.8) is 0 Å². The van der Waals surface area contributed by atoms with E-state index >= 15 is 0 Å². The molecule has 0 saturated carbocycles. The van der Waals surface area contributed by atoms with Gasteiger partial charge in [0.05, 0.1) is 0 Å². The summed E-state index contributed by atoms with van der Waals surface area (Å²) >= 11 is 3.39. The number of carbonyl (C=O) groups excluding carboxylic acids is 1. The number of rotatable bonds is 3. The molecule has 0 radical (unpaired) electrons. The zero-order chi connectivity index (χ0) is 16.3. The summed E-state index contributed by atoms with van der Waals surface area (Å²) in [7, 11) is 0. The Morgan fingerprint density at radius 2 is 1.77 bits per heavy atom. The number of nitrogens with one attached hydrogen (secondary N) is 2. The highest BCUT2D eigenvalue weighted by Crippen LogP contribution is 2.18. The maximum atomic E-state index is 12.2. The molecular weight excluding hydrogens is 344 g/mol. The van der Waals surface area contributed by atoms with Gasteiger partial charge < -0.3 is 10.6 Å². The van der Waals surface area contributed by atoms with Gasteiger partial charge in [-0.1, -0.05) is 15.9 Å². The number of carbonyl (C=O) groups is 1. The van der Waals surface area contributed by atoms with Crippen LogP contribution in [0.1, 0.15) is 37.1 Å². The lowest BCUT2D eigenvalue weighted by Gasteiger charge is -2.20. The fourth-order valence-electron chi connectivity index (χ4n) is 1.83. The minimum Gasteiger partial charge on any atom is -0.346 e. The van der Waals surface area contributed by atoms with Crippen molar-refractivity contribution < 1.29 is 4.79 Å². The van der Waals surface area contributed by atoms with Gasteiger partial charge in [-0.3, -0.25) is 4.79 Å². The number of anilines is 2. The van der Waals surface area contributed by atoms with E-state index < -0.39 is 0 Å². The lowest BCUT2D eigenvalue weighted by atomic mass is 10.1. The Kier molecular flexibility index (Phi) is 4.81. The third kappa shape index (κ3) is 4.80. The molecule has 2 rings (SSSR count). The summed E-state index contributed by atoms with van der Waals surface area (Å²) in [6.07, 6.45) is 0. The third-order valence-corrected chi connectivity index (χ3v) is 3.20. The summed E-state index contributed by atoms with van der Waals surface area (Å²) in [5.74, 6) is 0.923. The van der Waals surface area contributed by atoms with Gasteiger partial charge in [-0.15, -0.1) is 0 Å². The van der Waals surface area contributed by atoms with Crippen LogP contribution in [0.4, 0.5) is 11.5 Å². The summed E-state index contributed by atoms with van der Waals surface area (Å²) in [6.45, 7) is 7.56. The van der Waals surface area contributed by atoms with Crippen molar-refractivity contribution in [3.05, 3.63) is 46.3 Å². The number of amides is 1. The van der Waals surface area contributed by atoms with E-state index in [0.717, 1.165) is 10.2 Å². The van der Waals surface area contributed by atoms with Gasteiger partial charge in [0.1, 0.15) is 17.3 Å². The maximum absolute atomic E-state index is 12.2. The molecule has 0 saturated heterocycles. The Bertz CT molecular complexity index is 678. The zero-order valence-electron chi connectivity index (χ0n) is 13.1. The molecule has 1 aromatic heterocycles. The highest BCUT2D eigenvalue weighted by molar-refractivity contribution is 9.10. The summed E-state index contributed by atoms with van der Waals surface area (Å²) in [6, 6.07) is 9.37. The van der Waals surface area contributed by atoms with Crippen LogP contribution in [0.3, 0.4) is 0 Å². The monoisotopic (exact) mass is 362 g/mol. The lowest BCUT2D eigenvalue weighted by molar-refractivity contribution is 0.0914. The van der Waals surface area contributed by atoms with Crippen molar-refractivity contribution in [2.75, 3.05) is 5.32 Å². The molecule has 0 spiro atoms. The minimum absolute atomic E-state index is 0.211. The molecule has 0 bridgehead atoms. The summed E-state index contributed by atoms with van der Waals surface area (Å²) in [5, 5.41) is 6.08. The predicted octanol–water partition coefficient (Wildman–Crippen LogP) is 3.82. The Balaban J connectivity index is 2.23. The highest BCUT2D eigenvalue weighted by atomic mass is 79.9. The summed E-state index contributed by atoms with van der Waals surface area (Å²) in [5.41, 5.74) is 0.931. The Morgan fingerprint density at radius 1 is 1.14 bits per heavy atom. The fraction of sp³-hybridized carbons (Fsp3) is 0.312. The standard InChI is InChI=1S/C16H19BrN4O/c1-10-18-13(15(22)21-16(2,3)4)9-14(19-10)20-12-7-5-11(17)6-8-12/h5-9H,1-4H3,(H,21,22)(H,18,19,20). The first-order chi connectivity index (χ1) is 10.2. The van der Waals surface area contributed by atoms with Crippen molar-refractivity contribution in [1.29, 1.82) is 0 Å². The first-order valence-electron chi connectivity index (χ1n) is 6.94. The van der Waals surface area contributed by atoms with Crippen LogP contribution in [0.5, 0.6) is 0 Å². The molecule has 5 nitrogen and oxygen atoms in total. The van der Waals surface area contributed by atoms with Crippen molar-refractivity contribution in [1.82, 2.24) is 15.3 Å². The van der Waals surface area contributed by atoms with Crippen LogP contribution in [0.2, 0.25) is 0 Å². The lowest BCUT2D eigenvalue weighted by Crippen LogP contribution is -2.41. The molecule has 1 aromatic carbocycles. The Labute approximate surface area is 138 Å². The molecular formula is C16H19BrN4O.